The average Bonchev–Trinajstić information content (AvgIpc) is 3.33. The van der Waals surface area contributed by atoms with E-state index in [9.17, 15) is 13.5 Å². The molecule has 0 unspecified atom stereocenters. The predicted molar refractivity (Wildman–Crippen MR) is 102 cm³/mol. The second-order valence-electron chi connectivity index (χ2n) is 7.32. The maximum absolute atomic E-state index is 13.2. The van der Waals surface area contributed by atoms with Crippen LogP contribution >= 0.6 is 0 Å². The molecule has 1 saturated heterocycles. The number of rotatable bonds is 8. The van der Waals surface area contributed by atoms with Gasteiger partial charge in [-0.2, -0.15) is 9.40 Å². The lowest BCUT2D eigenvalue weighted by Crippen LogP contribution is -2.37. The van der Waals surface area contributed by atoms with Crippen molar-refractivity contribution in [2.75, 3.05) is 26.3 Å². The standard InChI is InChI=1S/C19H27N3O4S/c1-15(2)11-21(13-19(23)16-6-4-3-5-7-16)27(24,25)18-10-20-22(12-18)17-8-9-26-14-17/h3-7,10,12,15,17,19,23H,8-9,11,13-14H2,1-2H3/t17-,19-/m0/s1. The van der Waals surface area contributed by atoms with E-state index in [0.29, 0.717) is 25.3 Å². The summed E-state index contributed by atoms with van der Waals surface area (Å²) in [4.78, 5) is 0.148. The Morgan fingerprint density at radius 3 is 2.67 bits per heavy atom. The highest BCUT2D eigenvalue weighted by Gasteiger charge is 2.30. The summed E-state index contributed by atoms with van der Waals surface area (Å²) in [7, 11) is -3.76. The third kappa shape index (κ3) is 4.76. The second kappa shape index (κ2) is 8.52. The second-order valence-corrected chi connectivity index (χ2v) is 9.25. The molecule has 148 valence electrons. The number of nitrogens with zero attached hydrogens (tertiary/aromatic N) is 3. The van der Waals surface area contributed by atoms with E-state index < -0.39 is 16.1 Å². The molecule has 0 aliphatic carbocycles. The summed E-state index contributed by atoms with van der Waals surface area (Å²) in [5.74, 6) is 0.126. The molecular formula is C19H27N3O4S. The highest BCUT2D eigenvalue weighted by Crippen LogP contribution is 2.24. The highest BCUT2D eigenvalue weighted by atomic mass is 32.2. The molecule has 8 heteroatoms. The zero-order valence-corrected chi connectivity index (χ0v) is 16.5. The smallest absolute Gasteiger partial charge is 0.246 e. The minimum atomic E-state index is -3.76. The van der Waals surface area contributed by atoms with Crippen LogP contribution in [-0.2, 0) is 14.8 Å². The fourth-order valence-electron chi connectivity index (χ4n) is 3.18. The minimum absolute atomic E-state index is 0.00223. The molecule has 1 aromatic carbocycles. The van der Waals surface area contributed by atoms with E-state index in [0.717, 1.165) is 6.42 Å². The molecular weight excluding hydrogens is 366 g/mol. The van der Waals surface area contributed by atoms with Crippen molar-refractivity contribution >= 4 is 10.0 Å². The third-order valence-electron chi connectivity index (χ3n) is 4.63. The fourth-order valence-corrected chi connectivity index (χ4v) is 4.74. The SMILES string of the molecule is CC(C)CN(C[C@H](O)c1ccccc1)S(=O)(=O)c1cnn([C@H]2CCOC2)c1. The number of hydrogen-bond donors (Lipinski definition) is 1. The Hall–Kier alpha value is -1.74. The van der Waals surface area contributed by atoms with Crippen molar-refractivity contribution in [3.8, 4) is 0 Å². The van der Waals surface area contributed by atoms with E-state index in [-0.39, 0.29) is 23.4 Å². The van der Waals surface area contributed by atoms with E-state index in [1.54, 1.807) is 23.0 Å². The van der Waals surface area contributed by atoms with Crippen LogP contribution in [0, 0.1) is 5.92 Å². The maximum Gasteiger partial charge on any atom is 0.246 e. The first kappa shape index (κ1) is 20.0. The topological polar surface area (TPSA) is 84.7 Å². The highest BCUT2D eigenvalue weighted by molar-refractivity contribution is 7.89. The van der Waals surface area contributed by atoms with Crippen molar-refractivity contribution < 1.29 is 18.3 Å². The Labute approximate surface area is 160 Å². The summed E-state index contributed by atoms with van der Waals surface area (Å²) < 4.78 is 34.8. The number of ether oxygens (including phenoxy) is 1. The normalized spacial score (nSPS) is 19.1. The lowest BCUT2D eigenvalue weighted by molar-refractivity contribution is 0.143. The summed E-state index contributed by atoms with van der Waals surface area (Å²) >= 11 is 0. The zero-order chi connectivity index (χ0) is 19.4. The van der Waals surface area contributed by atoms with E-state index >= 15 is 0 Å². The minimum Gasteiger partial charge on any atom is -0.387 e. The molecule has 0 amide bonds. The van der Waals surface area contributed by atoms with Gasteiger partial charge in [-0.25, -0.2) is 8.42 Å². The molecule has 1 aliphatic rings. The molecule has 0 spiro atoms. The fraction of sp³-hybridized carbons (Fsp3) is 0.526. The Kier molecular flexibility index (Phi) is 6.31. The van der Waals surface area contributed by atoms with Crippen molar-refractivity contribution in [1.82, 2.24) is 14.1 Å². The van der Waals surface area contributed by atoms with Crippen LogP contribution in [0.25, 0.3) is 0 Å². The monoisotopic (exact) mass is 393 g/mol. The predicted octanol–water partition coefficient (Wildman–Crippen LogP) is 2.22. The summed E-state index contributed by atoms with van der Waals surface area (Å²) in [5, 5.41) is 14.8. The van der Waals surface area contributed by atoms with Gasteiger partial charge in [0.25, 0.3) is 0 Å². The lowest BCUT2D eigenvalue weighted by atomic mass is 10.1. The summed E-state index contributed by atoms with van der Waals surface area (Å²) in [6.07, 6.45) is 2.88. The summed E-state index contributed by atoms with van der Waals surface area (Å²) in [6, 6.07) is 9.18. The lowest BCUT2D eigenvalue weighted by Gasteiger charge is -2.26. The molecule has 2 atom stereocenters. The van der Waals surface area contributed by atoms with Crippen LogP contribution < -0.4 is 0 Å². The molecule has 1 N–H and O–H groups in total. The van der Waals surface area contributed by atoms with Gasteiger partial charge >= 0.3 is 0 Å². The van der Waals surface area contributed by atoms with E-state index in [4.69, 9.17) is 4.74 Å². The van der Waals surface area contributed by atoms with Gasteiger partial charge < -0.3 is 9.84 Å². The van der Waals surface area contributed by atoms with Gasteiger partial charge in [-0.15, -0.1) is 0 Å². The van der Waals surface area contributed by atoms with Crippen LogP contribution in [-0.4, -0.2) is 53.9 Å². The molecule has 0 saturated carbocycles. The number of sulfonamides is 1. The molecule has 3 rings (SSSR count). The van der Waals surface area contributed by atoms with Crippen molar-refractivity contribution in [2.45, 2.75) is 37.3 Å². The zero-order valence-electron chi connectivity index (χ0n) is 15.7. The molecule has 0 radical (unpaired) electrons. The first-order valence-electron chi connectivity index (χ1n) is 9.23. The first-order valence-corrected chi connectivity index (χ1v) is 10.7. The van der Waals surface area contributed by atoms with Crippen molar-refractivity contribution in [2.24, 2.45) is 5.92 Å². The number of benzene rings is 1. The Bertz CT molecular complexity index is 830. The molecule has 2 heterocycles. The molecule has 1 aliphatic heterocycles. The van der Waals surface area contributed by atoms with Crippen LogP contribution in [0.4, 0.5) is 0 Å². The molecule has 1 aromatic heterocycles. The number of aliphatic hydroxyl groups excluding tert-OH is 1. The van der Waals surface area contributed by atoms with E-state index in [1.807, 2.05) is 32.0 Å². The van der Waals surface area contributed by atoms with E-state index in [2.05, 4.69) is 5.10 Å². The third-order valence-corrected chi connectivity index (χ3v) is 6.41. The van der Waals surface area contributed by atoms with Gasteiger partial charge in [0.1, 0.15) is 4.90 Å². The molecule has 1 fully saturated rings. The van der Waals surface area contributed by atoms with Crippen molar-refractivity contribution in [1.29, 1.82) is 0 Å². The van der Waals surface area contributed by atoms with Crippen LogP contribution in [0.3, 0.4) is 0 Å². The molecule has 7 nitrogen and oxygen atoms in total. The molecule has 2 aromatic rings. The van der Waals surface area contributed by atoms with E-state index in [1.165, 1.54) is 10.5 Å². The average molecular weight is 394 g/mol. The maximum atomic E-state index is 13.2. The Morgan fingerprint density at radius 1 is 1.30 bits per heavy atom. The van der Waals surface area contributed by atoms with Gasteiger partial charge in [-0.3, -0.25) is 4.68 Å². The van der Waals surface area contributed by atoms with Crippen LogP contribution in [0.2, 0.25) is 0 Å². The molecule has 0 bridgehead atoms. The first-order chi connectivity index (χ1) is 12.9. The Morgan fingerprint density at radius 2 is 2.04 bits per heavy atom. The Balaban J connectivity index is 1.82. The molecule has 27 heavy (non-hydrogen) atoms. The van der Waals surface area contributed by atoms with Gasteiger partial charge in [0.05, 0.1) is 24.9 Å². The van der Waals surface area contributed by atoms with Gasteiger partial charge in [0.15, 0.2) is 0 Å². The number of aromatic nitrogens is 2. The van der Waals surface area contributed by atoms with Crippen LogP contribution in [0.15, 0.2) is 47.6 Å². The van der Waals surface area contributed by atoms with Crippen molar-refractivity contribution in [3.63, 3.8) is 0 Å². The van der Waals surface area contributed by atoms with Crippen LogP contribution in [0.1, 0.15) is 38.0 Å². The van der Waals surface area contributed by atoms with Gasteiger partial charge in [0.2, 0.25) is 10.0 Å². The van der Waals surface area contributed by atoms with Crippen LogP contribution in [0.5, 0.6) is 0 Å². The quantitative estimate of drug-likeness (QED) is 0.743. The number of aliphatic hydroxyl groups is 1. The number of hydrogen-bond acceptors (Lipinski definition) is 5. The van der Waals surface area contributed by atoms with Gasteiger partial charge in [0, 0.05) is 25.9 Å². The van der Waals surface area contributed by atoms with Gasteiger partial charge in [-0.1, -0.05) is 44.2 Å². The summed E-state index contributed by atoms with van der Waals surface area (Å²) in [5.41, 5.74) is 0.695. The van der Waals surface area contributed by atoms with Gasteiger partial charge in [-0.05, 0) is 17.9 Å². The largest absolute Gasteiger partial charge is 0.387 e. The summed E-state index contributed by atoms with van der Waals surface area (Å²) in [6.45, 7) is 5.44. The van der Waals surface area contributed by atoms with Crippen molar-refractivity contribution in [3.05, 3.63) is 48.3 Å².